The Morgan fingerprint density at radius 1 is 1.41 bits per heavy atom. The highest BCUT2D eigenvalue weighted by Gasteiger charge is 2.21. The van der Waals surface area contributed by atoms with Crippen LogP contribution in [0.1, 0.15) is 12.0 Å². The van der Waals surface area contributed by atoms with Gasteiger partial charge in [-0.2, -0.15) is 0 Å². The predicted octanol–water partition coefficient (Wildman–Crippen LogP) is 1.64. The molecule has 1 aliphatic rings. The standard InChI is InChI=1S/C11H12N2O4/c14-11-12-9(7-17-11)4-1-8-2-5-10(6-3-8)13(15)16/h2-3,5-6,9H,1,4,7H2,(H,12,14). The van der Waals surface area contributed by atoms with Gasteiger partial charge in [-0.25, -0.2) is 4.79 Å². The summed E-state index contributed by atoms with van der Waals surface area (Å²) in [6, 6.07) is 6.47. The average Bonchev–Trinajstić information content (AvgIpc) is 2.73. The summed E-state index contributed by atoms with van der Waals surface area (Å²) in [6.45, 7) is 0.395. The maximum absolute atomic E-state index is 10.8. The molecule has 1 aromatic rings. The van der Waals surface area contributed by atoms with Crippen LogP contribution < -0.4 is 5.32 Å². The molecule has 1 aromatic carbocycles. The lowest BCUT2D eigenvalue weighted by Gasteiger charge is -2.06. The SMILES string of the molecule is O=C1NC(CCc2ccc([N+](=O)[O-])cc2)CO1. The van der Waals surface area contributed by atoms with Crippen LogP contribution in [0.5, 0.6) is 0 Å². The van der Waals surface area contributed by atoms with Gasteiger partial charge in [-0.1, -0.05) is 12.1 Å². The van der Waals surface area contributed by atoms with Gasteiger partial charge in [-0.3, -0.25) is 10.1 Å². The minimum atomic E-state index is -0.422. The Hall–Kier alpha value is -2.11. The molecule has 6 nitrogen and oxygen atoms in total. The lowest BCUT2D eigenvalue weighted by atomic mass is 10.1. The molecule has 0 spiro atoms. The second-order valence-corrected chi connectivity index (χ2v) is 3.90. The van der Waals surface area contributed by atoms with Crippen molar-refractivity contribution in [3.05, 3.63) is 39.9 Å². The maximum atomic E-state index is 10.8. The second kappa shape index (κ2) is 4.82. The number of rotatable bonds is 4. The van der Waals surface area contributed by atoms with Crippen LogP contribution >= 0.6 is 0 Å². The molecule has 1 atom stereocenters. The third-order valence-electron chi connectivity index (χ3n) is 2.67. The van der Waals surface area contributed by atoms with E-state index in [1.165, 1.54) is 12.1 Å². The number of ether oxygens (including phenoxy) is 1. The van der Waals surface area contributed by atoms with Crippen LogP contribution in [-0.4, -0.2) is 23.7 Å². The summed E-state index contributed by atoms with van der Waals surface area (Å²) in [4.78, 5) is 20.8. The number of hydrogen-bond acceptors (Lipinski definition) is 4. The van der Waals surface area contributed by atoms with E-state index < -0.39 is 4.92 Å². The molecule has 0 aromatic heterocycles. The van der Waals surface area contributed by atoms with Crippen molar-refractivity contribution < 1.29 is 14.5 Å². The van der Waals surface area contributed by atoms with Crippen LogP contribution in [0.3, 0.4) is 0 Å². The van der Waals surface area contributed by atoms with Gasteiger partial charge in [0.25, 0.3) is 5.69 Å². The number of nitro benzene ring substituents is 1. The number of non-ortho nitro benzene ring substituents is 1. The normalized spacial score (nSPS) is 18.6. The number of nitro groups is 1. The van der Waals surface area contributed by atoms with E-state index in [9.17, 15) is 14.9 Å². The van der Waals surface area contributed by atoms with Crippen LogP contribution in [0, 0.1) is 10.1 Å². The fraction of sp³-hybridized carbons (Fsp3) is 0.364. The Bertz CT molecular complexity index is 430. The number of cyclic esters (lactones) is 1. The van der Waals surface area contributed by atoms with Crippen molar-refractivity contribution in [3.8, 4) is 0 Å². The van der Waals surface area contributed by atoms with E-state index in [0.717, 1.165) is 18.4 Å². The molecule has 90 valence electrons. The highest BCUT2D eigenvalue weighted by molar-refractivity contribution is 5.69. The monoisotopic (exact) mass is 236 g/mol. The quantitative estimate of drug-likeness (QED) is 0.636. The summed E-state index contributed by atoms with van der Waals surface area (Å²) in [5.41, 5.74) is 1.10. The van der Waals surface area contributed by atoms with E-state index in [2.05, 4.69) is 5.32 Å². The Morgan fingerprint density at radius 3 is 2.65 bits per heavy atom. The Kier molecular flexibility index (Phi) is 3.22. The molecule has 0 radical (unpaired) electrons. The van der Waals surface area contributed by atoms with Gasteiger partial charge in [-0.15, -0.1) is 0 Å². The summed E-state index contributed by atoms with van der Waals surface area (Å²) >= 11 is 0. The van der Waals surface area contributed by atoms with E-state index in [1.807, 2.05) is 0 Å². The largest absolute Gasteiger partial charge is 0.447 e. The van der Waals surface area contributed by atoms with Gasteiger partial charge in [-0.05, 0) is 18.4 Å². The molecule has 0 bridgehead atoms. The number of nitrogens with one attached hydrogen (secondary N) is 1. The molecule has 1 amide bonds. The van der Waals surface area contributed by atoms with Crippen molar-refractivity contribution in [3.63, 3.8) is 0 Å². The molecule has 1 saturated heterocycles. The van der Waals surface area contributed by atoms with Gasteiger partial charge in [0, 0.05) is 12.1 Å². The van der Waals surface area contributed by atoms with E-state index in [1.54, 1.807) is 12.1 Å². The Morgan fingerprint density at radius 2 is 2.12 bits per heavy atom. The molecular weight excluding hydrogens is 224 g/mol. The molecule has 1 fully saturated rings. The summed E-state index contributed by atoms with van der Waals surface area (Å²) in [5, 5.41) is 13.1. The first-order chi connectivity index (χ1) is 8.15. The number of benzene rings is 1. The minimum absolute atomic E-state index is 0.0395. The highest BCUT2D eigenvalue weighted by atomic mass is 16.6. The van der Waals surface area contributed by atoms with Gasteiger partial charge in [0.15, 0.2) is 0 Å². The van der Waals surface area contributed by atoms with Crippen molar-refractivity contribution in [2.45, 2.75) is 18.9 Å². The molecule has 0 aliphatic carbocycles. The zero-order valence-electron chi connectivity index (χ0n) is 9.09. The number of aryl methyl sites for hydroxylation is 1. The first-order valence-electron chi connectivity index (χ1n) is 5.32. The van der Waals surface area contributed by atoms with Crippen LogP contribution in [-0.2, 0) is 11.2 Å². The fourth-order valence-electron chi connectivity index (χ4n) is 1.71. The Labute approximate surface area is 97.7 Å². The Balaban J connectivity index is 1.87. The number of carbonyl (C=O) groups is 1. The minimum Gasteiger partial charge on any atom is -0.447 e. The average molecular weight is 236 g/mol. The van der Waals surface area contributed by atoms with Crippen molar-refractivity contribution in [2.24, 2.45) is 0 Å². The lowest BCUT2D eigenvalue weighted by Crippen LogP contribution is -2.26. The number of nitrogens with zero attached hydrogens (tertiary/aromatic N) is 1. The molecule has 1 heterocycles. The highest BCUT2D eigenvalue weighted by Crippen LogP contribution is 2.14. The number of hydrogen-bond donors (Lipinski definition) is 1. The van der Waals surface area contributed by atoms with E-state index >= 15 is 0 Å². The zero-order chi connectivity index (χ0) is 12.3. The number of alkyl carbamates (subject to hydrolysis) is 1. The van der Waals surface area contributed by atoms with Crippen LogP contribution in [0.25, 0.3) is 0 Å². The van der Waals surface area contributed by atoms with Crippen LogP contribution in [0.2, 0.25) is 0 Å². The summed E-state index contributed by atoms with van der Waals surface area (Å²) in [6.07, 6.45) is 1.15. The van der Waals surface area contributed by atoms with Gasteiger partial charge in [0.1, 0.15) is 6.61 Å². The lowest BCUT2D eigenvalue weighted by molar-refractivity contribution is -0.384. The third kappa shape index (κ3) is 2.93. The molecule has 0 saturated carbocycles. The van der Waals surface area contributed by atoms with E-state index in [4.69, 9.17) is 4.74 Å². The van der Waals surface area contributed by atoms with E-state index in [0.29, 0.717) is 6.61 Å². The summed E-state index contributed by atoms with van der Waals surface area (Å²) < 4.78 is 4.77. The topological polar surface area (TPSA) is 81.5 Å². The van der Waals surface area contributed by atoms with E-state index in [-0.39, 0.29) is 17.8 Å². The third-order valence-corrected chi connectivity index (χ3v) is 2.67. The molecule has 1 unspecified atom stereocenters. The van der Waals surface area contributed by atoms with Crippen molar-refractivity contribution in [2.75, 3.05) is 6.61 Å². The van der Waals surface area contributed by atoms with Gasteiger partial charge in [0.05, 0.1) is 11.0 Å². The molecule has 6 heteroatoms. The van der Waals surface area contributed by atoms with Crippen molar-refractivity contribution in [1.29, 1.82) is 0 Å². The molecule has 2 rings (SSSR count). The van der Waals surface area contributed by atoms with Crippen LogP contribution in [0.15, 0.2) is 24.3 Å². The smallest absolute Gasteiger partial charge is 0.407 e. The number of amides is 1. The number of carbonyl (C=O) groups excluding carboxylic acids is 1. The maximum Gasteiger partial charge on any atom is 0.407 e. The summed E-state index contributed by atoms with van der Waals surface area (Å²) in [7, 11) is 0. The molecular formula is C11H12N2O4. The predicted molar refractivity (Wildman–Crippen MR) is 59.7 cm³/mol. The van der Waals surface area contributed by atoms with Crippen LogP contribution in [0.4, 0.5) is 10.5 Å². The van der Waals surface area contributed by atoms with Gasteiger partial charge in [0.2, 0.25) is 0 Å². The zero-order valence-corrected chi connectivity index (χ0v) is 9.09. The van der Waals surface area contributed by atoms with Crippen molar-refractivity contribution in [1.82, 2.24) is 5.32 Å². The van der Waals surface area contributed by atoms with Crippen molar-refractivity contribution >= 4 is 11.8 Å². The fourth-order valence-corrected chi connectivity index (χ4v) is 1.71. The van der Waals surface area contributed by atoms with Gasteiger partial charge >= 0.3 is 6.09 Å². The summed E-state index contributed by atoms with van der Waals surface area (Å²) in [5.74, 6) is 0. The van der Waals surface area contributed by atoms with Gasteiger partial charge < -0.3 is 10.1 Å². The molecule has 1 N–H and O–H groups in total. The second-order valence-electron chi connectivity index (χ2n) is 3.90. The molecule has 17 heavy (non-hydrogen) atoms. The first-order valence-corrected chi connectivity index (χ1v) is 5.32. The first kappa shape index (κ1) is 11.4. The molecule has 1 aliphatic heterocycles.